The van der Waals surface area contributed by atoms with Gasteiger partial charge in [-0.05, 0) is 129 Å². The maximum atomic E-state index is 14.0. The van der Waals surface area contributed by atoms with Gasteiger partial charge in [0.15, 0.2) is 0 Å². The number of aryl methyl sites for hydroxylation is 1. The fourth-order valence-corrected chi connectivity index (χ4v) is 11.5. The van der Waals surface area contributed by atoms with Crippen molar-refractivity contribution in [2.45, 2.75) is 101 Å². The van der Waals surface area contributed by atoms with Crippen LogP contribution < -0.4 is 26.0 Å². The molecule has 2 aromatic carbocycles. The van der Waals surface area contributed by atoms with Crippen LogP contribution in [0.15, 0.2) is 54.7 Å². The molecule has 0 aliphatic carbocycles. The van der Waals surface area contributed by atoms with Gasteiger partial charge in [0.25, 0.3) is 24.8 Å². The summed E-state index contributed by atoms with van der Waals surface area (Å²) in [4.78, 5) is 131. The number of ether oxygens (including phenoxy) is 3. The third kappa shape index (κ3) is 26.8. The number of aromatic nitrogens is 1. The third-order valence-electron chi connectivity index (χ3n) is 16.4. The Hall–Kier alpha value is -7.17. The lowest BCUT2D eigenvalue weighted by Gasteiger charge is -2.34. The summed E-state index contributed by atoms with van der Waals surface area (Å²) < 4.78 is 45.2. The van der Waals surface area contributed by atoms with Crippen molar-refractivity contribution in [1.82, 2.24) is 60.6 Å². The standard InChI is InChI=1S/C64H89F2IN12O13/c1-2-51-40-64(65,66)44-79(51)60(85)41-71-62(88)53-21-24-68-55-20-19-52(39-54(53)55)92-38-9-8-25-73-34-36-78(37-35-73)59(84)14-4-3-6-23-70-63(89)56(12-5-7-22-69-57(82)13-10-11-49-15-17-50(67)18-16-49)72-58(83)42-74-26-27-75(43-61(86)87)29-31-77(46-91-48-81)33-32-76(30-28-74)45-90-47-80/h1,15-21,24,39,47-48,51,56H,3-14,22-23,25-38,40-46H2,(H,69,82)(H,70,89)(H,71,88)(H,72,83)(H,86,87)/t51-,56?/m0/s1. The molecule has 5 N–H and O–H groups in total. The Labute approximate surface area is 550 Å². The molecule has 6 amide bonds. The van der Waals surface area contributed by atoms with Gasteiger partial charge < -0.3 is 50.4 Å². The minimum absolute atomic E-state index is 0.00194. The number of rotatable bonds is 36. The van der Waals surface area contributed by atoms with Crippen LogP contribution in [0.25, 0.3) is 10.9 Å². The number of carboxylic acids is 1. The van der Waals surface area contributed by atoms with Crippen molar-refractivity contribution in [2.75, 3.05) is 144 Å². The van der Waals surface area contributed by atoms with Crippen molar-refractivity contribution in [3.8, 4) is 18.1 Å². The molecule has 3 aromatic rings. The van der Waals surface area contributed by atoms with Gasteiger partial charge in [0.05, 0.1) is 49.9 Å². The Morgan fingerprint density at radius 3 is 2.01 bits per heavy atom. The maximum absolute atomic E-state index is 14.0. The molecule has 1 aromatic heterocycles. The number of fused-ring (bicyclic) bond motifs is 1. The summed E-state index contributed by atoms with van der Waals surface area (Å²) in [5.41, 5.74) is 1.95. The number of carboxylic acid groups (broad SMARTS) is 1. The molecule has 3 aliphatic rings. The Morgan fingerprint density at radius 2 is 1.35 bits per heavy atom. The monoisotopic (exact) mass is 1400 g/mol. The third-order valence-corrected chi connectivity index (χ3v) is 17.1. The van der Waals surface area contributed by atoms with E-state index in [4.69, 9.17) is 20.6 Å². The van der Waals surface area contributed by atoms with Crippen LogP contribution in [0, 0.1) is 15.9 Å². The van der Waals surface area contributed by atoms with Gasteiger partial charge in [-0.3, -0.25) is 72.6 Å². The summed E-state index contributed by atoms with van der Waals surface area (Å²) in [6.07, 6.45) is 13.5. The van der Waals surface area contributed by atoms with Gasteiger partial charge in [0.2, 0.25) is 29.5 Å². The van der Waals surface area contributed by atoms with Crippen LogP contribution >= 0.6 is 22.6 Å². The summed E-state index contributed by atoms with van der Waals surface area (Å²) in [6, 6.07) is 13.0. The number of pyridine rings is 1. The summed E-state index contributed by atoms with van der Waals surface area (Å²) in [5.74, 6) is -3.35. The average Bonchev–Trinajstić information content (AvgIpc) is 1.21. The number of benzene rings is 2. The van der Waals surface area contributed by atoms with Crippen molar-refractivity contribution >= 4 is 87.9 Å². The smallest absolute Gasteiger partial charge is 0.317 e. The Morgan fingerprint density at radius 1 is 0.707 bits per heavy atom. The molecule has 4 heterocycles. The first kappa shape index (κ1) is 73.9. The molecule has 3 saturated heterocycles. The first-order chi connectivity index (χ1) is 44.4. The number of carbonyl (C=O) groups is 9. The van der Waals surface area contributed by atoms with Gasteiger partial charge in [0.1, 0.15) is 25.3 Å². The van der Waals surface area contributed by atoms with Crippen LogP contribution in [0.1, 0.15) is 93.0 Å². The number of likely N-dealkylation sites (tertiary alicyclic amines) is 1. The van der Waals surface area contributed by atoms with Crippen LogP contribution in [0.3, 0.4) is 0 Å². The Kier molecular flexibility index (Phi) is 32.2. The second kappa shape index (κ2) is 40.1. The van der Waals surface area contributed by atoms with E-state index in [0.29, 0.717) is 173 Å². The largest absolute Gasteiger partial charge is 0.494 e. The fraction of sp³-hybridized carbons (Fsp3) is 0.594. The molecular formula is C64H89F2IN12O13. The van der Waals surface area contributed by atoms with Crippen LogP contribution in [0.2, 0.25) is 0 Å². The van der Waals surface area contributed by atoms with Gasteiger partial charge in [-0.15, -0.1) is 6.42 Å². The number of aliphatic carboxylic acids is 1. The lowest BCUT2D eigenvalue weighted by molar-refractivity contribution is -0.139. The highest BCUT2D eigenvalue weighted by Crippen LogP contribution is 2.32. The molecule has 0 bridgehead atoms. The lowest BCUT2D eigenvalue weighted by Crippen LogP contribution is -2.52. The highest BCUT2D eigenvalue weighted by Gasteiger charge is 2.46. The van der Waals surface area contributed by atoms with Gasteiger partial charge in [-0.1, -0.05) is 24.5 Å². The van der Waals surface area contributed by atoms with E-state index in [2.05, 4.69) is 71.8 Å². The van der Waals surface area contributed by atoms with E-state index in [1.165, 1.54) is 17.8 Å². The number of unbranched alkanes of at least 4 members (excludes halogenated alkanes) is 4. The van der Waals surface area contributed by atoms with E-state index in [9.17, 15) is 57.0 Å². The van der Waals surface area contributed by atoms with Gasteiger partial charge in [0, 0.05) is 126 Å². The second-order valence-electron chi connectivity index (χ2n) is 23.3. The zero-order chi connectivity index (χ0) is 66.1. The number of nitrogens with one attached hydrogen (secondary N) is 4. The number of carbonyl (C=O) groups excluding carboxylic acids is 8. The fourth-order valence-electron chi connectivity index (χ4n) is 11.1. The van der Waals surface area contributed by atoms with Crippen LogP contribution in [-0.2, 0) is 54.3 Å². The summed E-state index contributed by atoms with van der Waals surface area (Å²) >= 11 is 2.26. The highest BCUT2D eigenvalue weighted by molar-refractivity contribution is 14.1. The molecule has 6 rings (SSSR count). The molecule has 25 nitrogen and oxygen atoms in total. The molecule has 3 aliphatic heterocycles. The second-order valence-corrected chi connectivity index (χ2v) is 24.5. The van der Waals surface area contributed by atoms with E-state index in [-0.39, 0.29) is 49.8 Å². The molecule has 2 atom stereocenters. The number of hydrogen-bond donors (Lipinski definition) is 5. The SMILES string of the molecule is C#C[C@H]1CC(F)(F)CN1C(=O)CNC(=O)c1ccnc2ccc(OCCCCN3CCN(C(=O)CCCCCNC(=O)C(CCCCNC(=O)CCCc4ccc(I)cc4)NC(=O)CN4CCN(COC=O)CCN(COC=O)CCN(CC(=O)O)CC4)CC3)cc12. The first-order valence-electron chi connectivity index (χ1n) is 31.7. The quantitative estimate of drug-likeness (QED) is 0.0242. The number of nitrogens with zero attached hydrogens (tertiary/aromatic N) is 8. The number of piperazine rings is 1. The van der Waals surface area contributed by atoms with E-state index in [0.717, 1.165) is 47.4 Å². The highest BCUT2D eigenvalue weighted by atomic mass is 127. The van der Waals surface area contributed by atoms with Gasteiger partial charge in [-0.2, -0.15) is 0 Å². The molecule has 504 valence electrons. The van der Waals surface area contributed by atoms with Crippen molar-refractivity contribution < 1.29 is 71.2 Å². The predicted octanol–water partition coefficient (Wildman–Crippen LogP) is 2.78. The van der Waals surface area contributed by atoms with E-state index < -0.39 is 61.2 Å². The molecule has 3 fully saturated rings. The van der Waals surface area contributed by atoms with E-state index >= 15 is 0 Å². The number of terminal acetylenes is 1. The number of alkyl halides is 2. The van der Waals surface area contributed by atoms with E-state index in [1.807, 2.05) is 31.7 Å². The number of hydrogen-bond acceptors (Lipinski definition) is 18. The zero-order valence-corrected chi connectivity index (χ0v) is 54.5. The average molecular weight is 1400 g/mol. The number of halogens is 3. The predicted molar refractivity (Wildman–Crippen MR) is 346 cm³/mol. The minimum Gasteiger partial charge on any atom is -0.494 e. The Bertz CT molecular complexity index is 2920. The minimum atomic E-state index is -3.09. The van der Waals surface area contributed by atoms with Gasteiger partial charge >= 0.3 is 5.97 Å². The molecule has 92 heavy (non-hydrogen) atoms. The van der Waals surface area contributed by atoms with Crippen LogP contribution in [-0.4, -0.2) is 261 Å². The lowest BCUT2D eigenvalue weighted by atomic mass is 10.1. The summed E-state index contributed by atoms with van der Waals surface area (Å²) in [7, 11) is 0. The van der Waals surface area contributed by atoms with Crippen LogP contribution in [0.4, 0.5) is 8.78 Å². The summed E-state index contributed by atoms with van der Waals surface area (Å²) in [5, 5.41) is 21.6. The topological polar surface area (TPSA) is 285 Å². The normalized spacial score (nSPS) is 17.5. The zero-order valence-electron chi connectivity index (χ0n) is 52.4. The summed E-state index contributed by atoms with van der Waals surface area (Å²) in [6.45, 7) is 6.57. The Balaban J connectivity index is 0.906. The number of amides is 6. The van der Waals surface area contributed by atoms with Crippen LogP contribution in [0.5, 0.6) is 5.75 Å². The van der Waals surface area contributed by atoms with Gasteiger partial charge in [-0.25, -0.2) is 8.78 Å². The van der Waals surface area contributed by atoms with Crippen molar-refractivity contribution in [1.29, 1.82) is 0 Å². The van der Waals surface area contributed by atoms with Crippen molar-refractivity contribution in [3.05, 3.63) is 69.4 Å². The molecule has 28 heteroatoms. The van der Waals surface area contributed by atoms with Crippen molar-refractivity contribution in [2.24, 2.45) is 0 Å². The molecule has 0 radical (unpaired) electrons. The molecule has 1 unspecified atom stereocenters. The first-order valence-corrected chi connectivity index (χ1v) is 32.7. The maximum Gasteiger partial charge on any atom is 0.317 e. The molecule has 0 spiro atoms. The molecular weight excluding hydrogens is 1310 g/mol. The van der Waals surface area contributed by atoms with Crippen molar-refractivity contribution in [3.63, 3.8) is 0 Å². The van der Waals surface area contributed by atoms with E-state index in [1.54, 1.807) is 23.1 Å². The molecule has 0 saturated carbocycles.